The Kier molecular flexibility index (Phi) is 6.19. The molecule has 0 saturated heterocycles. The van der Waals surface area contributed by atoms with Crippen LogP contribution in [-0.2, 0) is 11.2 Å². The SMILES string of the molecule is Cc1[nH]c(SCC(=O)N[C@@H](C)c2ccccc2)nc1Cc1ccc(O)cc1. The van der Waals surface area contributed by atoms with E-state index in [2.05, 4.69) is 15.3 Å². The summed E-state index contributed by atoms with van der Waals surface area (Å²) in [5.41, 5.74) is 4.10. The number of amides is 1. The molecule has 1 atom stereocenters. The first-order valence-corrected chi connectivity index (χ1v) is 9.80. The van der Waals surface area contributed by atoms with Crippen LogP contribution in [0.3, 0.4) is 0 Å². The zero-order valence-corrected chi connectivity index (χ0v) is 16.2. The lowest BCUT2D eigenvalue weighted by Crippen LogP contribution is -2.28. The van der Waals surface area contributed by atoms with Crippen LogP contribution in [0.4, 0.5) is 0 Å². The summed E-state index contributed by atoms with van der Waals surface area (Å²) in [6.45, 7) is 3.95. The number of aryl methyl sites for hydroxylation is 1. The molecule has 0 saturated carbocycles. The Balaban J connectivity index is 1.53. The van der Waals surface area contributed by atoms with Gasteiger partial charge in [-0.25, -0.2) is 4.98 Å². The second-order valence-electron chi connectivity index (χ2n) is 6.45. The minimum Gasteiger partial charge on any atom is -0.508 e. The van der Waals surface area contributed by atoms with E-state index in [1.807, 2.05) is 56.3 Å². The summed E-state index contributed by atoms with van der Waals surface area (Å²) in [6.07, 6.45) is 0.681. The van der Waals surface area contributed by atoms with E-state index in [4.69, 9.17) is 0 Å². The molecule has 3 aromatic rings. The highest BCUT2D eigenvalue weighted by atomic mass is 32.2. The van der Waals surface area contributed by atoms with Crippen molar-refractivity contribution in [2.24, 2.45) is 0 Å². The second kappa shape index (κ2) is 8.77. The molecule has 1 heterocycles. The number of nitrogens with zero attached hydrogens (tertiary/aromatic N) is 1. The number of aromatic nitrogens is 2. The first-order valence-electron chi connectivity index (χ1n) is 8.82. The molecule has 0 radical (unpaired) electrons. The van der Waals surface area contributed by atoms with Gasteiger partial charge in [-0.15, -0.1) is 0 Å². The smallest absolute Gasteiger partial charge is 0.230 e. The van der Waals surface area contributed by atoms with E-state index in [0.717, 1.165) is 27.7 Å². The Hall–Kier alpha value is -2.73. The first kappa shape index (κ1) is 19.0. The van der Waals surface area contributed by atoms with Gasteiger partial charge in [-0.2, -0.15) is 0 Å². The minimum absolute atomic E-state index is 0.0227. The number of phenols is 1. The molecule has 140 valence electrons. The third-order valence-corrected chi connectivity index (χ3v) is 5.16. The van der Waals surface area contributed by atoms with Gasteiger partial charge in [-0.05, 0) is 37.1 Å². The normalized spacial score (nSPS) is 11.9. The number of carbonyl (C=O) groups is 1. The molecule has 1 aromatic heterocycles. The molecule has 0 fully saturated rings. The Bertz CT molecular complexity index is 892. The largest absolute Gasteiger partial charge is 0.508 e. The van der Waals surface area contributed by atoms with Crippen molar-refractivity contribution in [3.05, 3.63) is 77.1 Å². The molecular formula is C21H23N3O2S. The van der Waals surface area contributed by atoms with Gasteiger partial charge < -0.3 is 15.4 Å². The van der Waals surface area contributed by atoms with Crippen LogP contribution < -0.4 is 5.32 Å². The molecular weight excluding hydrogens is 358 g/mol. The average Bonchev–Trinajstić information content (AvgIpc) is 3.02. The molecule has 0 aliphatic carbocycles. The molecule has 0 aliphatic heterocycles. The molecule has 5 nitrogen and oxygen atoms in total. The lowest BCUT2D eigenvalue weighted by molar-refractivity contribution is -0.119. The van der Waals surface area contributed by atoms with Gasteiger partial charge in [-0.3, -0.25) is 4.79 Å². The van der Waals surface area contributed by atoms with Gasteiger partial charge in [0.1, 0.15) is 5.75 Å². The molecule has 2 aromatic carbocycles. The van der Waals surface area contributed by atoms with Crippen molar-refractivity contribution in [2.45, 2.75) is 31.5 Å². The maximum Gasteiger partial charge on any atom is 0.230 e. The van der Waals surface area contributed by atoms with Crippen LogP contribution in [-0.4, -0.2) is 26.7 Å². The molecule has 0 spiro atoms. The quantitative estimate of drug-likeness (QED) is 0.541. The van der Waals surface area contributed by atoms with Crippen LogP contribution in [0, 0.1) is 6.92 Å². The number of hydrogen-bond donors (Lipinski definition) is 3. The number of aromatic hydroxyl groups is 1. The van der Waals surface area contributed by atoms with Gasteiger partial charge in [0.05, 0.1) is 17.5 Å². The lowest BCUT2D eigenvalue weighted by atomic mass is 10.1. The van der Waals surface area contributed by atoms with Crippen LogP contribution in [0.15, 0.2) is 59.8 Å². The number of aromatic amines is 1. The Labute approximate surface area is 163 Å². The van der Waals surface area contributed by atoms with E-state index in [9.17, 15) is 9.90 Å². The maximum atomic E-state index is 12.2. The highest BCUT2D eigenvalue weighted by Crippen LogP contribution is 2.20. The summed E-state index contributed by atoms with van der Waals surface area (Å²) in [7, 11) is 0. The summed E-state index contributed by atoms with van der Waals surface area (Å²) < 4.78 is 0. The van der Waals surface area contributed by atoms with E-state index in [1.165, 1.54) is 11.8 Å². The van der Waals surface area contributed by atoms with E-state index in [1.54, 1.807) is 12.1 Å². The lowest BCUT2D eigenvalue weighted by Gasteiger charge is -2.13. The van der Waals surface area contributed by atoms with Crippen LogP contribution in [0.25, 0.3) is 0 Å². The number of imidazole rings is 1. The van der Waals surface area contributed by atoms with Crippen molar-refractivity contribution in [1.29, 1.82) is 0 Å². The minimum atomic E-state index is -0.0253. The van der Waals surface area contributed by atoms with Crippen molar-refractivity contribution < 1.29 is 9.90 Å². The standard InChI is InChI=1S/C21H23N3O2S/c1-14(17-6-4-3-5-7-17)22-20(26)13-27-21-23-15(2)19(24-21)12-16-8-10-18(25)11-9-16/h3-11,14,25H,12-13H2,1-2H3,(H,22,26)(H,23,24)/t14-/m0/s1. The maximum absolute atomic E-state index is 12.2. The van der Waals surface area contributed by atoms with Gasteiger partial charge in [-0.1, -0.05) is 54.2 Å². The van der Waals surface area contributed by atoms with Crippen LogP contribution >= 0.6 is 11.8 Å². The zero-order chi connectivity index (χ0) is 19.2. The molecule has 27 heavy (non-hydrogen) atoms. The molecule has 3 rings (SSSR count). The molecule has 6 heteroatoms. The number of thioether (sulfide) groups is 1. The van der Waals surface area contributed by atoms with Gasteiger partial charge in [0.2, 0.25) is 5.91 Å². The Morgan fingerprint density at radius 2 is 1.89 bits per heavy atom. The number of carbonyl (C=O) groups excluding carboxylic acids is 1. The summed E-state index contributed by atoms with van der Waals surface area (Å²) in [6, 6.07) is 17.0. The third-order valence-electron chi connectivity index (χ3n) is 4.29. The number of phenolic OH excluding ortho intramolecular Hbond substituents is 1. The summed E-state index contributed by atoms with van der Waals surface area (Å²) >= 11 is 1.40. The third kappa shape index (κ3) is 5.37. The molecule has 0 bridgehead atoms. The molecule has 0 unspecified atom stereocenters. The Morgan fingerprint density at radius 1 is 1.19 bits per heavy atom. The topological polar surface area (TPSA) is 78.0 Å². The fourth-order valence-electron chi connectivity index (χ4n) is 2.76. The van der Waals surface area contributed by atoms with Gasteiger partial charge >= 0.3 is 0 Å². The fraction of sp³-hybridized carbons (Fsp3) is 0.238. The van der Waals surface area contributed by atoms with Crippen molar-refractivity contribution in [1.82, 2.24) is 15.3 Å². The molecule has 1 amide bonds. The molecule has 0 aliphatic rings. The number of hydrogen-bond acceptors (Lipinski definition) is 4. The van der Waals surface area contributed by atoms with Crippen LogP contribution in [0.1, 0.15) is 35.5 Å². The van der Waals surface area contributed by atoms with Crippen molar-refractivity contribution in [2.75, 3.05) is 5.75 Å². The summed E-state index contributed by atoms with van der Waals surface area (Å²) in [5, 5.41) is 13.1. The van der Waals surface area contributed by atoms with E-state index in [-0.39, 0.29) is 17.7 Å². The Morgan fingerprint density at radius 3 is 2.59 bits per heavy atom. The monoisotopic (exact) mass is 381 g/mol. The number of benzene rings is 2. The zero-order valence-electron chi connectivity index (χ0n) is 15.4. The van der Waals surface area contributed by atoms with Crippen molar-refractivity contribution >= 4 is 17.7 Å². The van der Waals surface area contributed by atoms with Crippen LogP contribution in [0.5, 0.6) is 5.75 Å². The second-order valence-corrected chi connectivity index (χ2v) is 7.41. The predicted molar refractivity (Wildman–Crippen MR) is 108 cm³/mol. The number of nitrogens with one attached hydrogen (secondary N) is 2. The molecule has 3 N–H and O–H groups in total. The fourth-order valence-corrected chi connectivity index (χ4v) is 3.51. The summed E-state index contributed by atoms with van der Waals surface area (Å²) in [5.74, 6) is 0.540. The predicted octanol–water partition coefficient (Wildman–Crippen LogP) is 3.98. The van der Waals surface area contributed by atoms with Gasteiger partial charge in [0.15, 0.2) is 5.16 Å². The van der Waals surface area contributed by atoms with E-state index in [0.29, 0.717) is 12.2 Å². The van der Waals surface area contributed by atoms with Crippen molar-refractivity contribution in [3.63, 3.8) is 0 Å². The van der Waals surface area contributed by atoms with Crippen molar-refractivity contribution in [3.8, 4) is 5.75 Å². The van der Waals surface area contributed by atoms with Crippen LogP contribution in [0.2, 0.25) is 0 Å². The highest BCUT2D eigenvalue weighted by Gasteiger charge is 2.12. The average molecular weight is 382 g/mol. The number of rotatable bonds is 7. The first-order chi connectivity index (χ1) is 13.0. The highest BCUT2D eigenvalue weighted by molar-refractivity contribution is 7.99. The van der Waals surface area contributed by atoms with Gasteiger partial charge in [0, 0.05) is 12.1 Å². The van der Waals surface area contributed by atoms with Gasteiger partial charge in [0.25, 0.3) is 0 Å². The van der Waals surface area contributed by atoms with E-state index < -0.39 is 0 Å². The summed E-state index contributed by atoms with van der Waals surface area (Å²) in [4.78, 5) is 20.1. The number of H-pyrrole nitrogens is 1. The van der Waals surface area contributed by atoms with E-state index >= 15 is 0 Å².